The monoisotopic (exact) mass is 888 g/mol. The average molecular weight is 890 g/mol. The maximum atomic E-state index is 3.45. The van der Waals surface area contributed by atoms with Crippen LogP contribution in [-0.2, 0) is 0 Å². The molecule has 0 fully saturated rings. The van der Waals surface area contributed by atoms with Gasteiger partial charge in [-0.05, 0) is 71.6 Å². The highest BCUT2D eigenvalue weighted by Crippen LogP contribution is 2.63. The summed E-state index contributed by atoms with van der Waals surface area (Å²) >= 11 is 25.2. The molecule has 0 atom stereocenters. The maximum Gasteiger partial charge on any atom is 0.0785 e. The summed E-state index contributed by atoms with van der Waals surface area (Å²) in [6.45, 7) is 9.11. The Bertz CT molecular complexity index is 1460. The molecule has 49 heavy (non-hydrogen) atoms. The lowest BCUT2D eigenvalue weighted by atomic mass is 10.4. The molecular formula is C36H40S13. The number of thiophene rings is 1. The SMILES string of the molecule is CCCCSC1=C(SCCCC)SC(=C2SC=C(C#Cc3ccc(C#CC4=CSC(=C5SC(SCCCC)=C(SCCCC)S5)S4)s3)S2)S1. The molecule has 5 rings (SSSR count). The molecule has 0 amide bonds. The summed E-state index contributed by atoms with van der Waals surface area (Å²) in [6.07, 6.45) is 10.1. The lowest BCUT2D eigenvalue weighted by Gasteiger charge is -2.03. The molecule has 0 aromatic carbocycles. The molecule has 0 bridgehead atoms. The van der Waals surface area contributed by atoms with Crippen LogP contribution in [0.4, 0.5) is 0 Å². The van der Waals surface area contributed by atoms with Gasteiger partial charge in [-0.25, -0.2) is 0 Å². The molecule has 0 nitrogen and oxygen atoms in total. The van der Waals surface area contributed by atoms with Crippen molar-refractivity contribution in [3.63, 3.8) is 0 Å². The minimum absolute atomic E-state index is 1.07. The van der Waals surface area contributed by atoms with Crippen LogP contribution in [0.1, 0.15) is 88.8 Å². The minimum atomic E-state index is 1.07. The molecule has 1 aromatic rings. The fourth-order valence-electron chi connectivity index (χ4n) is 3.82. The fraction of sp³-hybridized carbons (Fsp3) is 0.444. The number of hydrogen-bond donors (Lipinski definition) is 0. The summed E-state index contributed by atoms with van der Waals surface area (Å²) in [5, 5.41) is 4.45. The lowest BCUT2D eigenvalue weighted by molar-refractivity contribution is 0.897. The van der Waals surface area contributed by atoms with E-state index in [0.29, 0.717) is 0 Å². The average Bonchev–Trinajstić information content (AvgIpc) is 3.95. The first-order valence-electron chi connectivity index (χ1n) is 16.5. The molecule has 5 heterocycles. The summed E-state index contributed by atoms with van der Waals surface area (Å²) in [5.74, 6) is 18.6. The van der Waals surface area contributed by atoms with Gasteiger partial charge in [0, 0.05) is 0 Å². The first-order chi connectivity index (χ1) is 24.1. The van der Waals surface area contributed by atoms with Crippen LogP contribution in [0.3, 0.4) is 0 Å². The van der Waals surface area contributed by atoms with Crippen LogP contribution in [0.25, 0.3) is 0 Å². The van der Waals surface area contributed by atoms with Crippen LogP contribution in [0.5, 0.6) is 0 Å². The number of hydrogen-bond acceptors (Lipinski definition) is 13. The van der Waals surface area contributed by atoms with Crippen LogP contribution in [0.15, 0.2) is 66.7 Å². The standard InChI is InChI=1S/C36H40S13/c1-5-9-19-37-29-30(38-20-10-6-2)47-35(46-29)33-41-23-27(44-33)17-15-25-13-14-26(43-25)16-18-28-24-42-34(45-28)36-48-31(39-21-11-7-3)32(49-36)40-22-12-8-4/h13-14,23-24H,5-12,19-22H2,1-4H3. The molecule has 0 radical (unpaired) electrons. The second kappa shape index (κ2) is 23.4. The van der Waals surface area contributed by atoms with Crippen molar-refractivity contribution in [2.45, 2.75) is 79.1 Å². The van der Waals surface area contributed by atoms with Crippen molar-refractivity contribution in [1.82, 2.24) is 0 Å². The van der Waals surface area contributed by atoms with Crippen LogP contribution >= 0.6 is 152 Å². The van der Waals surface area contributed by atoms with Crippen molar-refractivity contribution in [1.29, 1.82) is 0 Å². The van der Waals surface area contributed by atoms with Crippen LogP contribution in [0.2, 0.25) is 0 Å². The molecule has 0 saturated heterocycles. The van der Waals surface area contributed by atoms with Crippen molar-refractivity contribution < 1.29 is 0 Å². The molecule has 0 saturated carbocycles. The van der Waals surface area contributed by atoms with Gasteiger partial charge in [0.15, 0.2) is 0 Å². The van der Waals surface area contributed by atoms with Gasteiger partial charge < -0.3 is 0 Å². The Balaban J connectivity index is 1.13. The molecule has 262 valence electrons. The molecule has 4 aliphatic rings. The predicted octanol–water partition coefficient (Wildman–Crippen LogP) is 16.7. The molecule has 0 unspecified atom stereocenters. The number of thioether (sulfide) groups is 12. The third kappa shape index (κ3) is 13.6. The van der Waals surface area contributed by atoms with Gasteiger partial charge >= 0.3 is 0 Å². The van der Waals surface area contributed by atoms with Crippen molar-refractivity contribution in [2.24, 2.45) is 0 Å². The number of allylic oxidation sites excluding steroid dienone is 2. The van der Waals surface area contributed by atoms with Crippen LogP contribution in [0, 0.1) is 23.7 Å². The highest BCUT2D eigenvalue weighted by Gasteiger charge is 2.28. The van der Waals surface area contributed by atoms with E-state index < -0.39 is 0 Å². The van der Waals surface area contributed by atoms with Gasteiger partial charge in [0.2, 0.25) is 0 Å². The van der Waals surface area contributed by atoms with Gasteiger partial charge in [0.05, 0.1) is 53.5 Å². The molecule has 0 spiro atoms. The van der Waals surface area contributed by atoms with E-state index in [1.807, 2.05) is 94.1 Å². The van der Waals surface area contributed by atoms with E-state index in [2.05, 4.69) is 121 Å². The largest absolute Gasteiger partial charge is 0.118 e. The highest BCUT2D eigenvalue weighted by molar-refractivity contribution is 8.43. The molecule has 0 N–H and O–H groups in total. The zero-order chi connectivity index (χ0) is 34.3. The number of rotatable bonds is 16. The Morgan fingerprint density at radius 2 is 0.796 bits per heavy atom. The number of unbranched alkanes of at least 4 members (excludes halogenated alkanes) is 4. The smallest absolute Gasteiger partial charge is 0.0785 e. The first kappa shape index (κ1) is 41.6. The second-order valence-electron chi connectivity index (χ2n) is 10.6. The van der Waals surface area contributed by atoms with Crippen molar-refractivity contribution >= 4 is 152 Å². The zero-order valence-electron chi connectivity index (χ0n) is 28.1. The fourth-order valence-corrected chi connectivity index (χ4v) is 21.6. The third-order valence-electron chi connectivity index (χ3n) is 6.51. The Labute approximate surface area is 350 Å². The first-order valence-corrected chi connectivity index (χ1v) is 27.9. The quantitative estimate of drug-likeness (QED) is 0.115. The zero-order valence-corrected chi connectivity index (χ0v) is 38.7. The van der Waals surface area contributed by atoms with Gasteiger partial charge in [0.25, 0.3) is 0 Å². The minimum Gasteiger partial charge on any atom is -0.118 e. The van der Waals surface area contributed by atoms with Gasteiger partial charge in [0.1, 0.15) is 0 Å². The molecular weight excluding hydrogens is 849 g/mol. The molecule has 4 aliphatic heterocycles. The third-order valence-corrected chi connectivity index (χ3v) is 24.4. The molecule has 0 aliphatic carbocycles. The van der Waals surface area contributed by atoms with Gasteiger partial charge in [-0.15, -0.1) is 58.4 Å². The maximum absolute atomic E-state index is 3.45. The lowest BCUT2D eigenvalue weighted by Crippen LogP contribution is -1.80. The van der Waals surface area contributed by atoms with E-state index in [1.165, 1.54) is 108 Å². The Morgan fingerprint density at radius 3 is 1.12 bits per heavy atom. The molecule has 1 aromatic heterocycles. The summed E-state index contributed by atoms with van der Waals surface area (Å²) in [4.78, 5) is 4.43. The van der Waals surface area contributed by atoms with Crippen LogP contribution < -0.4 is 0 Å². The topological polar surface area (TPSA) is 0 Å². The van der Waals surface area contributed by atoms with Gasteiger partial charge in [-0.3, -0.25) is 0 Å². The Hall–Kier alpha value is 1.46. The van der Waals surface area contributed by atoms with Crippen LogP contribution in [-0.4, -0.2) is 23.0 Å². The summed E-state index contributed by atoms with van der Waals surface area (Å²) in [5.41, 5.74) is 0. The van der Waals surface area contributed by atoms with E-state index in [-0.39, 0.29) is 0 Å². The van der Waals surface area contributed by atoms with E-state index in [1.54, 1.807) is 11.3 Å². The Kier molecular flexibility index (Phi) is 19.9. The normalized spacial score (nSPS) is 17.6. The van der Waals surface area contributed by atoms with E-state index in [0.717, 1.165) is 19.6 Å². The second-order valence-corrected chi connectivity index (χ2v) is 26.1. The van der Waals surface area contributed by atoms with Crippen molar-refractivity contribution in [3.8, 4) is 23.7 Å². The van der Waals surface area contributed by atoms with E-state index >= 15 is 0 Å². The van der Waals surface area contributed by atoms with Gasteiger partial charge in [-0.1, -0.05) is 171 Å². The van der Waals surface area contributed by atoms with Crippen molar-refractivity contribution in [3.05, 3.63) is 76.4 Å². The highest BCUT2D eigenvalue weighted by atomic mass is 32.3. The predicted molar refractivity (Wildman–Crippen MR) is 253 cm³/mol. The molecule has 13 heteroatoms. The summed E-state index contributed by atoms with van der Waals surface area (Å²) in [6, 6.07) is 4.23. The Morgan fingerprint density at radius 1 is 0.449 bits per heavy atom. The summed E-state index contributed by atoms with van der Waals surface area (Å²) < 4.78 is 11.7. The van der Waals surface area contributed by atoms with Crippen molar-refractivity contribution in [2.75, 3.05) is 23.0 Å². The van der Waals surface area contributed by atoms with Gasteiger partial charge in [-0.2, -0.15) is 0 Å². The van der Waals surface area contributed by atoms with E-state index in [4.69, 9.17) is 0 Å². The summed E-state index contributed by atoms with van der Waals surface area (Å²) in [7, 11) is 0. The van der Waals surface area contributed by atoms with E-state index in [9.17, 15) is 0 Å².